The smallest absolute Gasteiger partial charge is 0.142 e. The number of ether oxygens (including phenoxy) is 1. The lowest BCUT2D eigenvalue weighted by Crippen LogP contribution is -2.38. The highest BCUT2D eigenvalue weighted by Crippen LogP contribution is 2.26. The second-order valence-corrected chi connectivity index (χ2v) is 4.78. The summed E-state index contributed by atoms with van der Waals surface area (Å²) in [6.07, 6.45) is 2.43. The van der Waals surface area contributed by atoms with Gasteiger partial charge in [-0.2, -0.15) is 0 Å². The molecule has 0 saturated carbocycles. The van der Waals surface area contributed by atoms with Crippen LogP contribution < -0.4 is 10.1 Å². The van der Waals surface area contributed by atoms with E-state index in [2.05, 4.69) is 29.3 Å². The van der Waals surface area contributed by atoms with Crippen molar-refractivity contribution in [2.75, 3.05) is 31.6 Å². The highest BCUT2D eigenvalue weighted by atomic mass is 16.5. The maximum absolute atomic E-state index is 5.65. The molecule has 0 aromatic heterocycles. The summed E-state index contributed by atoms with van der Waals surface area (Å²) in [5.74, 6) is 0.970. The van der Waals surface area contributed by atoms with Gasteiger partial charge in [0.2, 0.25) is 0 Å². The zero-order chi connectivity index (χ0) is 12.8. The largest absolute Gasteiger partial charge is 0.492 e. The van der Waals surface area contributed by atoms with E-state index < -0.39 is 0 Å². The Labute approximate surface area is 110 Å². The lowest BCUT2D eigenvalue weighted by molar-refractivity contribution is 0.229. The Kier molecular flexibility index (Phi) is 4.88. The van der Waals surface area contributed by atoms with Gasteiger partial charge in [-0.15, -0.1) is 0 Å². The number of nitrogens with one attached hydrogen (secondary N) is 1. The van der Waals surface area contributed by atoms with Gasteiger partial charge in [-0.1, -0.05) is 19.1 Å². The van der Waals surface area contributed by atoms with Gasteiger partial charge in [0.25, 0.3) is 0 Å². The second-order valence-electron chi connectivity index (χ2n) is 4.78. The molecule has 1 heterocycles. The average molecular weight is 248 g/mol. The van der Waals surface area contributed by atoms with Crippen molar-refractivity contribution in [3.8, 4) is 5.75 Å². The van der Waals surface area contributed by atoms with Crippen molar-refractivity contribution in [1.29, 1.82) is 0 Å². The lowest BCUT2D eigenvalue weighted by Gasteiger charge is -2.32. The first-order valence-corrected chi connectivity index (χ1v) is 7.04. The Morgan fingerprint density at radius 3 is 2.61 bits per heavy atom. The Hall–Kier alpha value is -1.22. The van der Waals surface area contributed by atoms with Crippen LogP contribution in [0.3, 0.4) is 0 Å². The first-order chi connectivity index (χ1) is 8.83. The van der Waals surface area contributed by atoms with Crippen LogP contribution in [0.25, 0.3) is 0 Å². The number of para-hydroxylation sites is 2. The fourth-order valence-electron chi connectivity index (χ4n) is 2.48. The Morgan fingerprint density at radius 1 is 1.22 bits per heavy atom. The third-order valence-corrected chi connectivity index (χ3v) is 3.58. The molecule has 1 saturated heterocycles. The SMILES string of the molecule is CCOc1ccccc1NC1CCN(CC)CC1. The molecular weight excluding hydrogens is 224 g/mol. The maximum atomic E-state index is 5.65. The molecule has 1 aromatic carbocycles. The standard InChI is InChI=1S/C15H24N2O/c1-3-17-11-9-13(10-12-17)16-14-7-5-6-8-15(14)18-4-2/h5-8,13,16H,3-4,9-12H2,1-2H3. The molecule has 1 fully saturated rings. The van der Waals surface area contributed by atoms with E-state index in [4.69, 9.17) is 4.74 Å². The van der Waals surface area contributed by atoms with E-state index in [1.165, 1.54) is 32.5 Å². The molecule has 3 heteroatoms. The molecule has 0 bridgehead atoms. The fourth-order valence-corrected chi connectivity index (χ4v) is 2.48. The zero-order valence-electron chi connectivity index (χ0n) is 11.5. The van der Waals surface area contributed by atoms with Crippen LogP contribution in [0.5, 0.6) is 5.75 Å². The van der Waals surface area contributed by atoms with E-state index in [1.54, 1.807) is 0 Å². The highest BCUT2D eigenvalue weighted by molar-refractivity contribution is 5.56. The molecule has 1 aliphatic heterocycles. The summed E-state index contributed by atoms with van der Waals surface area (Å²) in [7, 11) is 0. The second kappa shape index (κ2) is 6.64. The fraction of sp³-hybridized carbons (Fsp3) is 0.600. The van der Waals surface area contributed by atoms with Crippen LogP contribution in [0.4, 0.5) is 5.69 Å². The number of likely N-dealkylation sites (tertiary alicyclic amines) is 1. The number of nitrogens with zero attached hydrogens (tertiary/aromatic N) is 1. The molecule has 2 rings (SSSR count). The van der Waals surface area contributed by atoms with E-state index >= 15 is 0 Å². The minimum atomic E-state index is 0.578. The summed E-state index contributed by atoms with van der Waals surface area (Å²) in [4.78, 5) is 2.51. The van der Waals surface area contributed by atoms with E-state index in [9.17, 15) is 0 Å². The van der Waals surface area contributed by atoms with Crippen LogP contribution in [0.1, 0.15) is 26.7 Å². The minimum Gasteiger partial charge on any atom is -0.492 e. The van der Waals surface area contributed by atoms with Crippen molar-refractivity contribution in [2.24, 2.45) is 0 Å². The van der Waals surface area contributed by atoms with E-state index in [0.717, 1.165) is 11.4 Å². The van der Waals surface area contributed by atoms with Gasteiger partial charge in [0.15, 0.2) is 0 Å². The third-order valence-electron chi connectivity index (χ3n) is 3.58. The summed E-state index contributed by atoms with van der Waals surface area (Å²) in [5, 5.41) is 3.63. The van der Waals surface area contributed by atoms with Gasteiger partial charge in [-0.3, -0.25) is 0 Å². The van der Waals surface area contributed by atoms with Gasteiger partial charge in [-0.25, -0.2) is 0 Å². The molecule has 1 aliphatic rings. The zero-order valence-corrected chi connectivity index (χ0v) is 11.5. The number of anilines is 1. The summed E-state index contributed by atoms with van der Waals surface area (Å²) in [6, 6.07) is 8.81. The number of rotatable bonds is 5. The number of hydrogen-bond acceptors (Lipinski definition) is 3. The van der Waals surface area contributed by atoms with Crippen LogP contribution in [0.2, 0.25) is 0 Å². The van der Waals surface area contributed by atoms with Crippen LogP contribution >= 0.6 is 0 Å². The summed E-state index contributed by atoms with van der Waals surface area (Å²) >= 11 is 0. The summed E-state index contributed by atoms with van der Waals surface area (Å²) in [5.41, 5.74) is 1.13. The quantitative estimate of drug-likeness (QED) is 0.867. The number of piperidine rings is 1. The summed E-state index contributed by atoms with van der Waals surface area (Å²) in [6.45, 7) is 8.54. The molecule has 0 radical (unpaired) electrons. The van der Waals surface area contributed by atoms with Crippen molar-refractivity contribution in [3.05, 3.63) is 24.3 Å². The predicted octanol–water partition coefficient (Wildman–Crippen LogP) is 2.98. The van der Waals surface area contributed by atoms with Crippen molar-refractivity contribution >= 4 is 5.69 Å². The molecule has 0 amide bonds. The van der Waals surface area contributed by atoms with Gasteiger partial charge in [0.1, 0.15) is 5.75 Å². The normalized spacial score (nSPS) is 17.7. The van der Waals surface area contributed by atoms with Gasteiger partial charge in [0, 0.05) is 19.1 Å². The predicted molar refractivity (Wildman–Crippen MR) is 76.4 cm³/mol. The van der Waals surface area contributed by atoms with Crippen molar-refractivity contribution < 1.29 is 4.74 Å². The molecule has 0 aliphatic carbocycles. The Bertz CT molecular complexity index is 359. The molecule has 1 aromatic rings. The molecular formula is C15H24N2O. The van der Waals surface area contributed by atoms with Crippen LogP contribution in [-0.4, -0.2) is 37.2 Å². The van der Waals surface area contributed by atoms with Gasteiger partial charge in [-0.05, 0) is 38.4 Å². The first-order valence-electron chi connectivity index (χ1n) is 7.04. The van der Waals surface area contributed by atoms with Gasteiger partial charge in [0.05, 0.1) is 12.3 Å². The van der Waals surface area contributed by atoms with Crippen LogP contribution in [0, 0.1) is 0 Å². The Morgan fingerprint density at radius 2 is 1.94 bits per heavy atom. The highest BCUT2D eigenvalue weighted by Gasteiger charge is 2.18. The first kappa shape index (κ1) is 13.2. The van der Waals surface area contributed by atoms with Crippen LogP contribution in [-0.2, 0) is 0 Å². The molecule has 0 spiro atoms. The molecule has 0 atom stereocenters. The van der Waals surface area contributed by atoms with Crippen LogP contribution in [0.15, 0.2) is 24.3 Å². The number of benzene rings is 1. The van der Waals surface area contributed by atoms with Gasteiger partial charge >= 0.3 is 0 Å². The Balaban J connectivity index is 1.93. The maximum Gasteiger partial charge on any atom is 0.142 e. The molecule has 0 unspecified atom stereocenters. The van der Waals surface area contributed by atoms with Gasteiger partial charge < -0.3 is 15.0 Å². The third kappa shape index (κ3) is 3.39. The van der Waals surface area contributed by atoms with Crippen molar-refractivity contribution in [2.45, 2.75) is 32.7 Å². The monoisotopic (exact) mass is 248 g/mol. The summed E-state index contributed by atoms with van der Waals surface area (Å²) < 4.78 is 5.65. The molecule has 100 valence electrons. The van der Waals surface area contributed by atoms with E-state index in [-0.39, 0.29) is 0 Å². The minimum absolute atomic E-state index is 0.578. The van der Waals surface area contributed by atoms with E-state index in [1.807, 2.05) is 19.1 Å². The molecule has 18 heavy (non-hydrogen) atoms. The van der Waals surface area contributed by atoms with Crippen molar-refractivity contribution in [1.82, 2.24) is 4.90 Å². The topological polar surface area (TPSA) is 24.5 Å². The molecule has 1 N–H and O–H groups in total. The number of hydrogen-bond donors (Lipinski definition) is 1. The van der Waals surface area contributed by atoms with Crippen molar-refractivity contribution in [3.63, 3.8) is 0 Å². The average Bonchev–Trinajstić information content (AvgIpc) is 2.42. The lowest BCUT2D eigenvalue weighted by atomic mass is 10.0. The molecule has 3 nitrogen and oxygen atoms in total. The van der Waals surface area contributed by atoms with E-state index in [0.29, 0.717) is 12.6 Å².